The maximum Gasteiger partial charge on any atom is 0.272 e. The van der Waals surface area contributed by atoms with Gasteiger partial charge in [-0.15, -0.1) is 0 Å². The van der Waals surface area contributed by atoms with Crippen LogP contribution in [0.2, 0.25) is 0 Å². The standard InChI is InChI=1S/C17H19N5O2/c1-10-6-14-15(21-22(3)16(14)11(2)24-10)17(23)20-9-12-4-5-19-13(7-12)8-18/h4-5,7,10-11H,6,9H2,1-3H3,(H,20,23)/t10-,11+/m1/s1. The molecule has 0 fully saturated rings. The SMILES string of the molecule is C[C@@H]1Cc2c(C(=O)NCc3ccnc(C#N)c3)nn(C)c2[C@H](C)O1. The van der Waals surface area contributed by atoms with Gasteiger partial charge in [0.25, 0.3) is 5.91 Å². The smallest absolute Gasteiger partial charge is 0.272 e. The fourth-order valence-electron chi connectivity index (χ4n) is 3.13. The second-order valence-corrected chi connectivity index (χ2v) is 5.97. The van der Waals surface area contributed by atoms with Crippen molar-refractivity contribution in [2.24, 2.45) is 7.05 Å². The molecule has 3 heterocycles. The minimum atomic E-state index is -0.219. The van der Waals surface area contributed by atoms with Gasteiger partial charge in [0.2, 0.25) is 0 Å². The zero-order valence-corrected chi connectivity index (χ0v) is 13.9. The van der Waals surface area contributed by atoms with Gasteiger partial charge in [-0.2, -0.15) is 10.4 Å². The number of carbonyl (C=O) groups is 1. The summed E-state index contributed by atoms with van der Waals surface area (Å²) in [6.45, 7) is 4.29. The van der Waals surface area contributed by atoms with E-state index >= 15 is 0 Å². The molecule has 1 N–H and O–H groups in total. The van der Waals surface area contributed by atoms with Gasteiger partial charge in [0, 0.05) is 31.8 Å². The molecule has 2 atom stereocenters. The van der Waals surface area contributed by atoms with Crippen LogP contribution in [0.1, 0.15) is 53.0 Å². The van der Waals surface area contributed by atoms with Gasteiger partial charge in [0.15, 0.2) is 5.69 Å². The average Bonchev–Trinajstić information content (AvgIpc) is 2.89. The van der Waals surface area contributed by atoms with E-state index in [0.717, 1.165) is 16.8 Å². The molecule has 0 spiro atoms. The van der Waals surface area contributed by atoms with E-state index in [4.69, 9.17) is 10.00 Å². The number of ether oxygens (including phenoxy) is 1. The third-order valence-corrected chi connectivity index (χ3v) is 4.11. The fourth-order valence-corrected chi connectivity index (χ4v) is 3.13. The normalized spacial score (nSPS) is 19.4. The van der Waals surface area contributed by atoms with Gasteiger partial charge >= 0.3 is 0 Å². The maximum absolute atomic E-state index is 12.6. The molecule has 7 nitrogen and oxygen atoms in total. The van der Waals surface area contributed by atoms with Crippen molar-refractivity contribution in [3.05, 3.63) is 46.5 Å². The number of nitrogens with zero attached hydrogens (tertiary/aromatic N) is 4. The molecule has 2 aromatic rings. The van der Waals surface area contributed by atoms with Crippen LogP contribution < -0.4 is 5.32 Å². The minimum Gasteiger partial charge on any atom is -0.369 e. The molecule has 1 aliphatic heterocycles. The molecule has 1 aliphatic rings. The Morgan fingerprint density at radius 3 is 3.08 bits per heavy atom. The maximum atomic E-state index is 12.6. The van der Waals surface area contributed by atoms with Crippen LogP contribution in [0.25, 0.3) is 0 Å². The van der Waals surface area contributed by atoms with Crippen molar-refractivity contribution in [1.29, 1.82) is 5.26 Å². The number of nitrogens with one attached hydrogen (secondary N) is 1. The van der Waals surface area contributed by atoms with E-state index in [9.17, 15) is 4.79 Å². The van der Waals surface area contributed by atoms with Crippen molar-refractivity contribution in [3.8, 4) is 6.07 Å². The molecule has 0 saturated heterocycles. The van der Waals surface area contributed by atoms with Gasteiger partial charge in [-0.3, -0.25) is 9.48 Å². The first-order valence-corrected chi connectivity index (χ1v) is 7.84. The zero-order chi connectivity index (χ0) is 17.3. The molecule has 7 heteroatoms. The molecule has 3 rings (SSSR count). The molecule has 2 aromatic heterocycles. The Morgan fingerprint density at radius 2 is 2.33 bits per heavy atom. The molecule has 124 valence electrons. The highest BCUT2D eigenvalue weighted by Crippen LogP contribution is 2.31. The topological polar surface area (TPSA) is 92.8 Å². The van der Waals surface area contributed by atoms with Crippen LogP contribution in [0.15, 0.2) is 18.3 Å². The quantitative estimate of drug-likeness (QED) is 0.926. The predicted octanol–water partition coefficient (Wildman–Crippen LogP) is 1.64. The monoisotopic (exact) mass is 325 g/mol. The van der Waals surface area contributed by atoms with E-state index in [2.05, 4.69) is 15.4 Å². The summed E-state index contributed by atoms with van der Waals surface area (Å²) in [5.41, 5.74) is 3.51. The molecule has 0 saturated carbocycles. The van der Waals surface area contributed by atoms with Gasteiger partial charge < -0.3 is 10.1 Å². The van der Waals surface area contributed by atoms with Crippen LogP contribution in [-0.2, 0) is 24.8 Å². The first-order valence-electron chi connectivity index (χ1n) is 7.84. The van der Waals surface area contributed by atoms with E-state index in [0.29, 0.717) is 24.4 Å². The highest BCUT2D eigenvalue weighted by atomic mass is 16.5. The summed E-state index contributed by atoms with van der Waals surface area (Å²) in [4.78, 5) is 16.5. The van der Waals surface area contributed by atoms with Gasteiger partial charge in [0.1, 0.15) is 11.8 Å². The number of nitriles is 1. The molecule has 0 unspecified atom stereocenters. The van der Waals surface area contributed by atoms with Gasteiger partial charge in [0.05, 0.1) is 17.9 Å². The van der Waals surface area contributed by atoms with E-state index in [1.807, 2.05) is 27.0 Å². The van der Waals surface area contributed by atoms with E-state index in [1.54, 1.807) is 23.0 Å². The summed E-state index contributed by atoms with van der Waals surface area (Å²) < 4.78 is 7.53. The largest absolute Gasteiger partial charge is 0.369 e. The minimum absolute atomic E-state index is 0.0571. The number of aromatic nitrogens is 3. The lowest BCUT2D eigenvalue weighted by molar-refractivity contribution is -0.00903. The number of amides is 1. The van der Waals surface area contributed by atoms with E-state index in [-0.39, 0.29) is 18.1 Å². The highest BCUT2D eigenvalue weighted by Gasteiger charge is 2.31. The third-order valence-electron chi connectivity index (χ3n) is 4.11. The number of aryl methyl sites for hydroxylation is 1. The van der Waals surface area contributed by atoms with Crippen molar-refractivity contribution in [2.45, 2.75) is 39.0 Å². The average molecular weight is 325 g/mol. The van der Waals surface area contributed by atoms with Crippen LogP contribution in [0, 0.1) is 11.3 Å². The zero-order valence-electron chi connectivity index (χ0n) is 13.9. The van der Waals surface area contributed by atoms with Crippen LogP contribution in [0.5, 0.6) is 0 Å². The number of hydrogen-bond donors (Lipinski definition) is 1. The Kier molecular flexibility index (Phi) is 4.32. The highest BCUT2D eigenvalue weighted by molar-refractivity contribution is 5.94. The summed E-state index contributed by atoms with van der Waals surface area (Å²) in [7, 11) is 1.83. The van der Waals surface area contributed by atoms with Crippen molar-refractivity contribution in [1.82, 2.24) is 20.1 Å². The first kappa shape index (κ1) is 16.1. The van der Waals surface area contributed by atoms with Crippen molar-refractivity contribution in [2.75, 3.05) is 0 Å². The Hall–Kier alpha value is -2.72. The fraction of sp³-hybridized carbons (Fsp3) is 0.412. The number of pyridine rings is 1. The van der Waals surface area contributed by atoms with Crippen LogP contribution >= 0.6 is 0 Å². The van der Waals surface area contributed by atoms with Gasteiger partial charge in [-0.25, -0.2) is 4.98 Å². The Bertz CT molecular complexity index is 821. The predicted molar refractivity (Wildman–Crippen MR) is 86.0 cm³/mol. The first-order chi connectivity index (χ1) is 11.5. The Morgan fingerprint density at radius 1 is 1.54 bits per heavy atom. The molecule has 0 radical (unpaired) electrons. The molecular weight excluding hydrogens is 306 g/mol. The van der Waals surface area contributed by atoms with Crippen molar-refractivity contribution in [3.63, 3.8) is 0 Å². The van der Waals surface area contributed by atoms with Crippen LogP contribution in [0.3, 0.4) is 0 Å². The number of fused-ring (bicyclic) bond motifs is 1. The second-order valence-electron chi connectivity index (χ2n) is 5.97. The molecule has 1 amide bonds. The van der Waals surface area contributed by atoms with Crippen LogP contribution in [0.4, 0.5) is 0 Å². The molecule has 0 bridgehead atoms. The molecular formula is C17H19N5O2. The summed E-state index contributed by atoms with van der Waals surface area (Å²) in [5, 5.41) is 16.1. The van der Waals surface area contributed by atoms with E-state index in [1.165, 1.54) is 0 Å². The lowest BCUT2D eigenvalue weighted by Crippen LogP contribution is -2.27. The van der Waals surface area contributed by atoms with Crippen molar-refractivity contribution < 1.29 is 9.53 Å². The van der Waals surface area contributed by atoms with Gasteiger partial charge in [-0.1, -0.05) is 0 Å². The number of carbonyl (C=O) groups excluding carboxylic acids is 1. The van der Waals surface area contributed by atoms with Gasteiger partial charge in [-0.05, 0) is 31.5 Å². The Balaban J connectivity index is 1.79. The second kappa shape index (κ2) is 6.42. The summed E-state index contributed by atoms with van der Waals surface area (Å²) in [5.74, 6) is -0.219. The van der Waals surface area contributed by atoms with E-state index < -0.39 is 0 Å². The molecule has 0 aromatic carbocycles. The summed E-state index contributed by atoms with van der Waals surface area (Å²) in [6, 6.07) is 5.42. The number of rotatable bonds is 3. The molecule has 24 heavy (non-hydrogen) atoms. The summed E-state index contributed by atoms with van der Waals surface area (Å²) in [6.07, 6.45) is 2.20. The summed E-state index contributed by atoms with van der Waals surface area (Å²) >= 11 is 0. The lowest BCUT2D eigenvalue weighted by Gasteiger charge is -2.26. The molecule has 0 aliphatic carbocycles. The number of hydrogen-bond acceptors (Lipinski definition) is 5. The van der Waals surface area contributed by atoms with Crippen molar-refractivity contribution >= 4 is 5.91 Å². The lowest BCUT2D eigenvalue weighted by atomic mass is 9.99. The van der Waals surface area contributed by atoms with Crippen LogP contribution in [-0.4, -0.2) is 26.8 Å². The third kappa shape index (κ3) is 3.01. The Labute approximate surface area is 140 Å².